The van der Waals surface area contributed by atoms with Crippen molar-refractivity contribution in [1.82, 2.24) is 5.43 Å². The van der Waals surface area contributed by atoms with Gasteiger partial charge in [-0.05, 0) is 42.0 Å². The van der Waals surface area contributed by atoms with Crippen molar-refractivity contribution in [3.8, 4) is 11.5 Å². The zero-order valence-corrected chi connectivity index (χ0v) is 14.7. The molecule has 2 amide bonds. The van der Waals surface area contributed by atoms with Gasteiger partial charge in [0.2, 0.25) is 11.8 Å². The van der Waals surface area contributed by atoms with Crippen molar-refractivity contribution in [2.45, 2.75) is 12.8 Å². The molecule has 0 heterocycles. The zero-order valence-electron chi connectivity index (χ0n) is 14.7. The molecule has 0 aromatic heterocycles. The van der Waals surface area contributed by atoms with Gasteiger partial charge in [-0.1, -0.05) is 12.1 Å². The number of para-hydroxylation sites is 2. The zero-order chi connectivity index (χ0) is 18.8. The van der Waals surface area contributed by atoms with E-state index < -0.39 is 0 Å². The van der Waals surface area contributed by atoms with Crippen LogP contribution in [-0.4, -0.2) is 32.2 Å². The van der Waals surface area contributed by atoms with E-state index >= 15 is 0 Å². The van der Waals surface area contributed by atoms with Crippen molar-refractivity contribution < 1.29 is 19.1 Å². The van der Waals surface area contributed by atoms with Gasteiger partial charge in [0.1, 0.15) is 11.5 Å². The van der Waals surface area contributed by atoms with Gasteiger partial charge in [0, 0.05) is 12.8 Å². The maximum Gasteiger partial charge on any atom is 0.240 e. The van der Waals surface area contributed by atoms with Crippen LogP contribution in [0.1, 0.15) is 18.4 Å². The lowest BCUT2D eigenvalue weighted by atomic mass is 10.2. The summed E-state index contributed by atoms with van der Waals surface area (Å²) in [4.78, 5) is 23.7. The maximum atomic E-state index is 11.9. The van der Waals surface area contributed by atoms with Crippen molar-refractivity contribution in [2.75, 3.05) is 19.5 Å². The summed E-state index contributed by atoms with van der Waals surface area (Å²) in [6, 6.07) is 14.3. The first-order chi connectivity index (χ1) is 12.6. The van der Waals surface area contributed by atoms with Crippen molar-refractivity contribution in [2.24, 2.45) is 5.10 Å². The summed E-state index contributed by atoms with van der Waals surface area (Å²) in [5.74, 6) is 0.690. The summed E-state index contributed by atoms with van der Waals surface area (Å²) in [6.07, 6.45) is 1.59. The number of carbonyl (C=O) groups is 2. The molecule has 0 spiro atoms. The lowest BCUT2D eigenvalue weighted by molar-refractivity contribution is -0.124. The number of carbonyl (C=O) groups excluding carboxylic acids is 2. The van der Waals surface area contributed by atoms with Gasteiger partial charge in [-0.15, -0.1) is 0 Å². The van der Waals surface area contributed by atoms with E-state index in [-0.39, 0.29) is 24.7 Å². The minimum Gasteiger partial charge on any atom is -0.497 e. The Balaban J connectivity index is 1.75. The molecule has 2 aromatic rings. The second-order valence-corrected chi connectivity index (χ2v) is 5.31. The highest BCUT2D eigenvalue weighted by Crippen LogP contribution is 2.23. The van der Waals surface area contributed by atoms with Crippen molar-refractivity contribution in [3.63, 3.8) is 0 Å². The fourth-order valence-electron chi connectivity index (χ4n) is 2.11. The number of hydrogen-bond acceptors (Lipinski definition) is 5. The van der Waals surface area contributed by atoms with Crippen LogP contribution >= 0.6 is 0 Å². The van der Waals surface area contributed by atoms with E-state index in [9.17, 15) is 9.59 Å². The third kappa shape index (κ3) is 5.94. The summed E-state index contributed by atoms with van der Waals surface area (Å²) in [6.45, 7) is 0. The largest absolute Gasteiger partial charge is 0.497 e. The van der Waals surface area contributed by atoms with Gasteiger partial charge >= 0.3 is 0 Å². The second kappa shape index (κ2) is 9.83. The molecule has 0 saturated carbocycles. The van der Waals surface area contributed by atoms with Crippen molar-refractivity contribution in [1.29, 1.82) is 0 Å². The van der Waals surface area contributed by atoms with E-state index in [1.165, 1.54) is 13.3 Å². The molecule has 7 heteroatoms. The van der Waals surface area contributed by atoms with E-state index in [2.05, 4.69) is 15.8 Å². The highest BCUT2D eigenvalue weighted by molar-refractivity contribution is 5.94. The fraction of sp³-hybridized carbons (Fsp3) is 0.211. The van der Waals surface area contributed by atoms with Crippen LogP contribution in [0.5, 0.6) is 11.5 Å². The Bertz CT molecular complexity index is 773. The van der Waals surface area contributed by atoms with E-state index in [0.29, 0.717) is 11.4 Å². The number of ether oxygens (including phenoxy) is 2. The molecule has 0 aliphatic rings. The first kappa shape index (κ1) is 19.0. The van der Waals surface area contributed by atoms with Crippen LogP contribution < -0.4 is 20.2 Å². The van der Waals surface area contributed by atoms with Gasteiger partial charge in [-0.3, -0.25) is 9.59 Å². The number of methoxy groups -OCH3 is 2. The Morgan fingerprint density at radius 2 is 1.65 bits per heavy atom. The molecule has 0 unspecified atom stereocenters. The lowest BCUT2D eigenvalue weighted by Gasteiger charge is -2.09. The fourth-order valence-corrected chi connectivity index (χ4v) is 2.11. The lowest BCUT2D eigenvalue weighted by Crippen LogP contribution is -2.20. The molecule has 2 N–H and O–H groups in total. The topological polar surface area (TPSA) is 89.0 Å². The van der Waals surface area contributed by atoms with Crippen LogP contribution in [0.4, 0.5) is 5.69 Å². The van der Waals surface area contributed by atoms with Crippen LogP contribution in [-0.2, 0) is 9.59 Å². The highest BCUT2D eigenvalue weighted by Gasteiger charge is 2.09. The molecule has 0 saturated heterocycles. The predicted molar refractivity (Wildman–Crippen MR) is 99.6 cm³/mol. The van der Waals surface area contributed by atoms with Crippen molar-refractivity contribution >= 4 is 23.7 Å². The Morgan fingerprint density at radius 1 is 0.962 bits per heavy atom. The van der Waals surface area contributed by atoms with E-state index in [0.717, 1.165) is 11.3 Å². The van der Waals surface area contributed by atoms with Gasteiger partial charge in [-0.2, -0.15) is 5.10 Å². The first-order valence-corrected chi connectivity index (χ1v) is 8.01. The van der Waals surface area contributed by atoms with Gasteiger partial charge in [0.15, 0.2) is 0 Å². The van der Waals surface area contributed by atoms with Crippen LogP contribution in [0.3, 0.4) is 0 Å². The van der Waals surface area contributed by atoms with Crippen LogP contribution in [0.15, 0.2) is 53.6 Å². The molecular weight excluding hydrogens is 334 g/mol. The van der Waals surface area contributed by atoms with Crippen LogP contribution in [0.25, 0.3) is 0 Å². The van der Waals surface area contributed by atoms with Crippen molar-refractivity contribution in [3.05, 3.63) is 54.1 Å². The third-order valence-electron chi connectivity index (χ3n) is 3.48. The summed E-state index contributed by atoms with van der Waals surface area (Å²) in [5.41, 5.74) is 3.78. The highest BCUT2D eigenvalue weighted by atomic mass is 16.5. The maximum absolute atomic E-state index is 11.9. The Labute approximate surface area is 152 Å². The average molecular weight is 355 g/mol. The molecule has 0 radical (unpaired) electrons. The quantitative estimate of drug-likeness (QED) is 0.563. The minimum absolute atomic E-state index is 0.0287. The van der Waals surface area contributed by atoms with Gasteiger partial charge in [-0.25, -0.2) is 5.43 Å². The first-order valence-electron chi connectivity index (χ1n) is 8.01. The molecule has 7 nitrogen and oxygen atoms in total. The number of nitrogens with zero attached hydrogens (tertiary/aromatic N) is 1. The molecule has 0 aliphatic carbocycles. The Kier molecular flexibility index (Phi) is 7.17. The summed E-state index contributed by atoms with van der Waals surface area (Å²) in [5, 5.41) is 6.58. The molecule has 26 heavy (non-hydrogen) atoms. The van der Waals surface area contributed by atoms with Gasteiger partial charge in [0.05, 0.1) is 26.1 Å². The van der Waals surface area contributed by atoms with Gasteiger partial charge < -0.3 is 14.8 Å². The second-order valence-electron chi connectivity index (χ2n) is 5.31. The van der Waals surface area contributed by atoms with E-state index in [1.54, 1.807) is 37.4 Å². The molecule has 0 bridgehead atoms. The van der Waals surface area contributed by atoms with E-state index in [1.807, 2.05) is 18.2 Å². The molecule has 0 fully saturated rings. The average Bonchev–Trinajstić information content (AvgIpc) is 2.67. The molecule has 2 rings (SSSR count). The minimum atomic E-state index is -0.343. The van der Waals surface area contributed by atoms with Crippen LogP contribution in [0, 0.1) is 0 Å². The molecule has 136 valence electrons. The molecule has 2 aromatic carbocycles. The van der Waals surface area contributed by atoms with Crippen LogP contribution in [0.2, 0.25) is 0 Å². The number of hydrazone groups is 1. The summed E-state index contributed by atoms with van der Waals surface area (Å²) >= 11 is 0. The number of hydrogen-bond donors (Lipinski definition) is 2. The number of amides is 2. The van der Waals surface area contributed by atoms with Gasteiger partial charge in [0.25, 0.3) is 0 Å². The monoisotopic (exact) mass is 355 g/mol. The number of anilines is 1. The summed E-state index contributed by atoms with van der Waals surface area (Å²) < 4.78 is 10.2. The Hall–Kier alpha value is -3.35. The molecule has 0 aliphatic heterocycles. The number of rotatable bonds is 8. The summed E-state index contributed by atoms with van der Waals surface area (Å²) in [7, 11) is 3.12. The molecule has 0 atom stereocenters. The number of benzene rings is 2. The smallest absolute Gasteiger partial charge is 0.240 e. The van der Waals surface area contributed by atoms with E-state index in [4.69, 9.17) is 9.47 Å². The third-order valence-corrected chi connectivity index (χ3v) is 3.48. The molecular formula is C19H21N3O4. The number of nitrogens with one attached hydrogen (secondary N) is 2. The SMILES string of the molecule is COc1ccc(C=NNC(=O)CCC(=O)Nc2ccccc2OC)cc1. The standard InChI is InChI=1S/C19H21N3O4/c1-25-15-9-7-14(8-10-15)13-20-22-19(24)12-11-18(23)21-16-5-3-4-6-17(16)26-2/h3-10,13H,11-12H2,1-2H3,(H,21,23)(H,22,24). The Morgan fingerprint density at radius 3 is 2.35 bits per heavy atom. The predicted octanol–water partition coefficient (Wildman–Crippen LogP) is 2.57. The normalized spacial score (nSPS) is 10.4.